The molecule has 0 saturated heterocycles. The average Bonchev–Trinajstić information content (AvgIpc) is 2.57. The van der Waals surface area contributed by atoms with Crippen molar-refractivity contribution in [2.24, 2.45) is 0 Å². The Labute approximate surface area is 131 Å². The molecule has 0 aliphatic heterocycles. The minimum Gasteiger partial charge on any atom is -0.465 e. The first-order valence-corrected chi connectivity index (χ1v) is 9.29. The number of carbonyl (C=O) groups is 1. The molecule has 0 aliphatic carbocycles. The minimum atomic E-state index is -3.09. The van der Waals surface area contributed by atoms with Gasteiger partial charge in [0.25, 0.3) is 0 Å². The average molecular weight is 316 g/mol. The molecule has 1 atom stereocenters. The first-order valence-electron chi connectivity index (χ1n) is 7.52. The maximum absolute atomic E-state index is 14.0. The van der Waals surface area contributed by atoms with Gasteiger partial charge in [-0.1, -0.05) is 67.6 Å². The van der Waals surface area contributed by atoms with Gasteiger partial charge >= 0.3 is 5.97 Å². The smallest absolute Gasteiger partial charge is 0.317 e. The lowest BCUT2D eigenvalue weighted by molar-refractivity contribution is -0.142. The lowest BCUT2D eigenvalue weighted by atomic mass is 10.3. The molecule has 0 N–H and O–H groups in total. The van der Waals surface area contributed by atoms with Crippen LogP contribution < -0.4 is 10.6 Å². The predicted molar refractivity (Wildman–Crippen MR) is 90.5 cm³/mol. The maximum Gasteiger partial charge on any atom is 0.317 e. The van der Waals surface area contributed by atoms with Gasteiger partial charge in [0, 0.05) is 10.6 Å². The van der Waals surface area contributed by atoms with Crippen LogP contribution in [0.3, 0.4) is 0 Å². The zero-order valence-electron chi connectivity index (χ0n) is 12.9. The molecule has 116 valence electrons. The highest BCUT2D eigenvalue weighted by Gasteiger charge is 2.41. The van der Waals surface area contributed by atoms with E-state index in [9.17, 15) is 9.36 Å². The number of hydrogen-bond acceptors (Lipinski definition) is 3. The van der Waals surface area contributed by atoms with E-state index in [1.165, 1.54) is 0 Å². The van der Waals surface area contributed by atoms with Crippen molar-refractivity contribution in [1.82, 2.24) is 0 Å². The normalized spacial score (nSPS) is 12.6. The second-order valence-corrected chi connectivity index (χ2v) is 7.98. The van der Waals surface area contributed by atoms with Crippen LogP contribution in [0, 0.1) is 0 Å². The molecule has 0 fully saturated rings. The molecule has 2 aromatic carbocycles. The van der Waals surface area contributed by atoms with Crippen molar-refractivity contribution in [1.29, 1.82) is 0 Å². The highest BCUT2D eigenvalue weighted by atomic mass is 31.2. The molecule has 3 nitrogen and oxygen atoms in total. The van der Waals surface area contributed by atoms with Gasteiger partial charge in [0.15, 0.2) is 7.14 Å². The van der Waals surface area contributed by atoms with E-state index < -0.39 is 12.8 Å². The number of rotatable bonds is 6. The van der Waals surface area contributed by atoms with Crippen molar-refractivity contribution in [2.45, 2.75) is 25.9 Å². The van der Waals surface area contributed by atoms with E-state index in [4.69, 9.17) is 4.74 Å². The Morgan fingerprint density at radius 2 is 1.41 bits per heavy atom. The molecular formula is C18H21O3P. The van der Waals surface area contributed by atoms with Gasteiger partial charge in [-0.2, -0.15) is 0 Å². The molecule has 0 saturated carbocycles. The largest absolute Gasteiger partial charge is 0.465 e. The standard InChI is InChI=1S/C18H21O3P/c1-3-17(18(19)21-4-2)22(20,15-11-7-5-8-12-15)16-13-9-6-10-14-16/h5-14,17H,3-4H2,1-2H3/t17-/m0/s1. The minimum absolute atomic E-state index is 0.291. The summed E-state index contributed by atoms with van der Waals surface area (Å²) in [6.07, 6.45) is 0.472. The van der Waals surface area contributed by atoms with Gasteiger partial charge in [-0.05, 0) is 13.3 Å². The lowest BCUT2D eigenvalue weighted by Crippen LogP contribution is -2.32. The Hall–Kier alpha value is -1.86. The molecule has 2 rings (SSSR count). The van der Waals surface area contributed by atoms with Crippen molar-refractivity contribution in [3.8, 4) is 0 Å². The second kappa shape index (κ2) is 7.42. The van der Waals surface area contributed by atoms with Gasteiger partial charge in [-0.15, -0.1) is 0 Å². The summed E-state index contributed by atoms with van der Waals surface area (Å²) in [4.78, 5) is 12.4. The van der Waals surface area contributed by atoms with Crippen LogP contribution >= 0.6 is 7.14 Å². The highest BCUT2D eigenvalue weighted by molar-refractivity contribution is 7.80. The number of esters is 1. The van der Waals surface area contributed by atoms with E-state index in [1.807, 2.05) is 67.6 Å². The molecule has 0 unspecified atom stereocenters. The van der Waals surface area contributed by atoms with E-state index >= 15 is 0 Å². The van der Waals surface area contributed by atoms with Crippen LogP contribution in [-0.2, 0) is 14.1 Å². The molecule has 0 amide bonds. The first-order chi connectivity index (χ1) is 10.6. The molecule has 22 heavy (non-hydrogen) atoms. The van der Waals surface area contributed by atoms with Crippen LogP contribution in [0.25, 0.3) is 0 Å². The molecule has 2 aromatic rings. The Balaban J connectivity index is 2.60. The van der Waals surface area contributed by atoms with Crippen molar-refractivity contribution in [2.75, 3.05) is 6.61 Å². The molecule has 0 aliphatic rings. The SMILES string of the molecule is CCOC(=O)[C@H](CC)P(=O)(c1ccccc1)c1ccccc1. The van der Waals surface area contributed by atoms with Crippen molar-refractivity contribution in [3.05, 3.63) is 60.7 Å². The summed E-state index contributed by atoms with van der Waals surface area (Å²) >= 11 is 0. The van der Waals surface area contributed by atoms with E-state index in [0.717, 1.165) is 0 Å². The summed E-state index contributed by atoms with van der Waals surface area (Å²) in [6, 6.07) is 18.5. The first kappa shape index (κ1) is 16.5. The Bertz CT molecular complexity index is 609. The topological polar surface area (TPSA) is 43.4 Å². The van der Waals surface area contributed by atoms with Gasteiger partial charge in [0.1, 0.15) is 5.66 Å². The third-order valence-corrected chi connectivity index (χ3v) is 7.25. The zero-order chi connectivity index (χ0) is 16.0. The zero-order valence-corrected chi connectivity index (χ0v) is 13.8. The summed E-state index contributed by atoms with van der Waals surface area (Å²) in [5, 5.41) is 1.39. The molecule has 4 heteroatoms. The third kappa shape index (κ3) is 3.15. The summed E-state index contributed by atoms with van der Waals surface area (Å²) in [5.41, 5.74) is -0.655. The van der Waals surface area contributed by atoms with E-state index in [2.05, 4.69) is 0 Å². The van der Waals surface area contributed by atoms with Crippen LogP contribution in [-0.4, -0.2) is 18.2 Å². The summed E-state index contributed by atoms with van der Waals surface area (Å²) in [7, 11) is -3.09. The fourth-order valence-corrected chi connectivity index (χ4v) is 5.75. The van der Waals surface area contributed by atoms with Gasteiger partial charge in [0.05, 0.1) is 6.61 Å². The van der Waals surface area contributed by atoms with Crippen LogP contribution in [0.2, 0.25) is 0 Å². The number of benzene rings is 2. The Morgan fingerprint density at radius 1 is 0.955 bits per heavy atom. The van der Waals surface area contributed by atoms with Crippen molar-refractivity contribution < 1.29 is 14.1 Å². The maximum atomic E-state index is 14.0. The fraction of sp³-hybridized carbons (Fsp3) is 0.278. The summed E-state index contributed by atoms with van der Waals surface area (Å²) in [5.74, 6) is -0.388. The molecule has 0 bridgehead atoms. The quantitative estimate of drug-likeness (QED) is 0.606. The molecular weight excluding hydrogens is 295 g/mol. The fourth-order valence-electron chi connectivity index (χ4n) is 2.62. The number of hydrogen-bond donors (Lipinski definition) is 0. The van der Waals surface area contributed by atoms with Crippen LogP contribution in [0.15, 0.2) is 60.7 Å². The van der Waals surface area contributed by atoms with Crippen LogP contribution in [0.4, 0.5) is 0 Å². The van der Waals surface area contributed by atoms with E-state index in [-0.39, 0.29) is 5.97 Å². The van der Waals surface area contributed by atoms with E-state index in [1.54, 1.807) is 6.92 Å². The lowest BCUT2D eigenvalue weighted by Gasteiger charge is -2.26. The van der Waals surface area contributed by atoms with E-state index in [0.29, 0.717) is 23.6 Å². The molecule has 0 heterocycles. The molecule has 0 radical (unpaired) electrons. The second-order valence-electron chi connectivity index (χ2n) is 5.01. The van der Waals surface area contributed by atoms with Crippen molar-refractivity contribution >= 4 is 23.7 Å². The summed E-state index contributed by atoms with van der Waals surface area (Å²) < 4.78 is 19.1. The molecule has 0 aromatic heterocycles. The molecule has 0 spiro atoms. The highest BCUT2D eigenvalue weighted by Crippen LogP contribution is 2.50. The van der Waals surface area contributed by atoms with Gasteiger partial charge in [-0.3, -0.25) is 4.79 Å². The summed E-state index contributed by atoms with van der Waals surface area (Å²) in [6.45, 7) is 3.93. The monoisotopic (exact) mass is 316 g/mol. The Kier molecular flexibility index (Phi) is 5.57. The predicted octanol–water partition coefficient (Wildman–Crippen LogP) is 3.34. The van der Waals surface area contributed by atoms with Crippen LogP contribution in [0.5, 0.6) is 0 Å². The van der Waals surface area contributed by atoms with Gasteiger partial charge in [0.2, 0.25) is 0 Å². The number of ether oxygens (including phenoxy) is 1. The van der Waals surface area contributed by atoms with Crippen LogP contribution in [0.1, 0.15) is 20.3 Å². The van der Waals surface area contributed by atoms with Gasteiger partial charge < -0.3 is 9.30 Å². The van der Waals surface area contributed by atoms with Crippen molar-refractivity contribution in [3.63, 3.8) is 0 Å². The number of carbonyl (C=O) groups excluding carboxylic acids is 1. The third-order valence-electron chi connectivity index (χ3n) is 3.66. The Morgan fingerprint density at radius 3 is 1.77 bits per heavy atom. The van der Waals surface area contributed by atoms with Gasteiger partial charge in [-0.25, -0.2) is 0 Å².